The van der Waals surface area contributed by atoms with Gasteiger partial charge in [-0.05, 0) is 48.1 Å². The number of hydrogen-bond donors (Lipinski definition) is 1. The molecule has 0 heterocycles. The minimum absolute atomic E-state index is 0.715. The van der Waals surface area contributed by atoms with Crippen LogP contribution < -0.4 is 5.73 Å². The van der Waals surface area contributed by atoms with E-state index in [1.54, 1.807) is 0 Å². The van der Waals surface area contributed by atoms with Crippen LogP contribution in [-0.4, -0.2) is 6.54 Å². The molecule has 0 unspecified atom stereocenters. The Morgan fingerprint density at radius 2 is 1.14 bits per heavy atom. The van der Waals surface area contributed by atoms with Gasteiger partial charge in [-0.2, -0.15) is 0 Å². The lowest BCUT2D eigenvalue weighted by Crippen LogP contribution is -2.02. The summed E-state index contributed by atoms with van der Waals surface area (Å²) < 4.78 is 0. The third-order valence-electron chi connectivity index (χ3n) is 4.24. The number of rotatable bonds is 9. The van der Waals surface area contributed by atoms with Crippen molar-refractivity contribution >= 4 is 0 Å². The molecule has 0 amide bonds. The van der Waals surface area contributed by atoms with Crippen LogP contribution >= 0.6 is 0 Å². The molecule has 1 nitrogen and oxygen atoms in total. The highest BCUT2D eigenvalue weighted by Crippen LogP contribution is 2.21. The van der Waals surface area contributed by atoms with E-state index in [0.29, 0.717) is 6.54 Å². The van der Waals surface area contributed by atoms with Gasteiger partial charge >= 0.3 is 0 Å². The molecule has 0 radical (unpaired) electrons. The van der Waals surface area contributed by atoms with Crippen LogP contribution in [-0.2, 0) is 12.8 Å². The molecular formula is C21H29N. The molecule has 0 atom stereocenters. The first-order chi connectivity index (χ1) is 10.8. The maximum atomic E-state index is 5.59. The predicted octanol–water partition coefficient (Wildman–Crippen LogP) is 5.37. The van der Waals surface area contributed by atoms with Crippen LogP contribution in [0.3, 0.4) is 0 Å². The van der Waals surface area contributed by atoms with Gasteiger partial charge in [0.2, 0.25) is 0 Å². The second-order valence-electron chi connectivity index (χ2n) is 6.10. The molecule has 0 fully saturated rings. The summed E-state index contributed by atoms with van der Waals surface area (Å²) in [6, 6.07) is 17.8. The Morgan fingerprint density at radius 1 is 0.636 bits per heavy atom. The smallest absolute Gasteiger partial charge is 0.00367 e. The number of aryl methyl sites for hydroxylation is 1. The fourth-order valence-corrected chi connectivity index (χ4v) is 2.83. The van der Waals surface area contributed by atoms with Gasteiger partial charge in [-0.3, -0.25) is 0 Å². The lowest BCUT2D eigenvalue weighted by Gasteiger charge is -2.06. The quantitative estimate of drug-likeness (QED) is 0.618. The Bertz CT molecular complexity index is 525. The van der Waals surface area contributed by atoms with E-state index in [-0.39, 0.29) is 0 Å². The van der Waals surface area contributed by atoms with Crippen molar-refractivity contribution in [3.63, 3.8) is 0 Å². The second-order valence-corrected chi connectivity index (χ2v) is 6.10. The van der Waals surface area contributed by atoms with Gasteiger partial charge in [-0.25, -0.2) is 0 Å². The van der Waals surface area contributed by atoms with Gasteiger partial charge in [-0.15, -0.1) is 0 Å². The van der Waals surface area contributed by atoms with E-state index in [2.05, 4.69) is 55.5 Å². The van der Waals surface area contributed by atoms with Gasteiger partial charge < -0.3 is 5.73 Å². The van der Waals surface area contributed by atoms with E-state index in [1.807, 2.05) is 0 Å². The fraction of sp³-hybridized carbons (Fsp3) is 0.429. The number of hydrogen-bond acceptors (Lipinski definition) is 1. The van der Waals surface area contributed by atoms with Crippen LogP contribution in [0.4, 0.5) is 0 Å². The van der Waals surface area contributed by atoms with E-state index >= 15 is 0 Å². The molecule has 2 rings (SSSR count). The van der Waals surface area contributed by atoms with Gasteiger partial charge in [0, 0.05) is 0 Å². The summed E-state index contributed by atoms with van der Waals surface area (Å²) in [5.74, 6) is 0. The van der Waals surface area contributed by atoms with Gasteiger partial charge in [0.05, 0.1) is 0 Å². The van der Waals surface area contributed by atoms with Crippen LogP contribution in [0, 0.1) is 0 Å². The Morgan fingerprint density at radius 3 is 1.64 bits per heavy atom. The molecule has 0 aromatic heterocycles. The zero-order valence-electron chi connectivity index (χ0n) is 13.9. The first-order valence-electron chi connectivity index (χ1n) is 8.72. The molecule has 2 N–H and O–H groups in total. The van der Waals surface area contributed by atoms with Crippen molar-refractivity contribution in [2.75, 3.05) is 6.54 Å². The summed E-state index contributed by atoms with van der Waals surface area (Å²) in [4.78, 5) is 0. The van der Waals surface area contributed by atoms with E-state index in [1.165, 1.54) is 60.8 Å². The summed E-state index contributed by atoms with van der Waals surface area (Å²) in [5.41, 5.74) is 11.0. The highest BCUT2D eigenvalue weighted by molar-refractivity contribution is 5.63. The maximum Gasteiger partial charge on any atom is -0.00367 e. The van der Waals surface area contributed by atoms with Crippen molar-refractivity contribution in [1.29, 1.82) is 0 Å². The Balaban J connectivity index is 1.88. The number of benzene rings is 2. The summed E-state index contributed by atoms with van der Waals surface area (Å²) in [6.07, 6.45) is 8.91. The van der Waals surface area contributed by atoms with E-state index in [0.717, 1.165) is 6.42 Å². The maximum absolute atomic E-state index is 5.59. The SMILES string of the molecule is CCCCCCCc1ccc(-c2ccc(CCN)cc2)cc1. The van der Waals surface area contributed by atoms with Gasteiger partial charge in [0.25, 0.3) is 0 Å². The largest absolute Gasteiger partial charge is 0.330 e. The molecule has 0 bridgehead atoms. The number of nitrogens with two attached hydrogens (primary N) is 1. The first kappa shape index (κ1) is 16.8. The molecule has 1 heteroatoms. The molecule has 2 aromatic rings. The molecule has 0 saturated carbocycles. The van der Waals surface area contributed by atoms with Crippen molar-refractivity contribution in [3.05, 3.63) is 59.7 Å². The zero-order chi connectivity index (χ0) is 15.6. The zero-order valence-corrected chi connectivity index (χ0v) is 13.9. The molecule has 22 heavy (non-hydrogen) atoms. The summed E-state index contributed by atoms with van der Waals surface area (Å²) >= 11 is 0. The molecule has 0 aliphatic rings. The lowest BCUT2D eigenvalue weighted by molar-refractivity contribution is 0.632. The average molecular weight is 295 g/mol. The highest BCUT2D eigenvalue weighted by Gasteiger charge is 1.99. The second kappa shape index (κ2) is 9.42. The lowest BCUT2D eigenvalue weighted by atomic mass is 9.99. The Hall–Kier alpha value is -1.60. The van der Waals surface area contributed by atoms with Crippen molar-refractivity contribution in [2.45, 2.75) is 51.9 Å². The Kier molecular flexibility index (Phi) is 7.18. The van der Waals surface area contributed by atoms with Crippen LogP contribution in [0.25, 0.3) is 11.1 Å². The third kappa shape index (κ3) is 5.31. The third-order valence-corrected chi connectivity index (χ3v) is 4.24. The molecule has 118 valence electrons. The fourth-order valence-electron chi connectivity index (χ4n) is 2.83. The number of unbranched alkanes of at least 4 members (excludes halogenated alkanes) is 4. The van der Waals surface area contributed by atoms with Crippen molar-refractivity contribution in [1.82, 2.24) is 0 Å². The standard InChI is InChI=1S/C21H29N/c1-2-3-4-5-6-7-18-8-12-20(13-9-18)21-14-10-19(11-15-21)16-17-22/h8-15H,2-7,16-17,22H2,1H3. The molecular weight excluding hydrogens is 266 g/mol. The van der Waals surface area contributed by atoms with Gasteiger partial charge in [0.1, 0.15) is 0 Å². The van der Waals surface area contributed by atoms with E-state index < -0.39 is 0 Å². The van der Waals surface area contributed by atoms with Gasteiger partial charge in [0.15, 0.2) is 0 Å². The minimum Gasteiger partial charge on any atom is -0.330 e. The topological polar surface area (TPSA) is 26.0 Å². The molecule has 0 aliphatic carbocycles. The van der Waals surface area contributed by atoms with Crippen molar-refractivity contribution in [2.24, 2.45) is 5.73 Å². The van der Waals surface area contributed by atoms with E-state index in [4.69, 9.17) is 5.73 Å². The average Bonchev–Trinajstić information content (AvgIpc) is 2.56. The monoisotopic (exact) mass is 295 g/mol. The summed E-state index contributed by atoms with van der Waals surface area (Å²) in [5, 5.41) is 0. The molecule has 0 aliphatic heterocycles. The van der Waals surface area contributed by atoms with E-state index in [9.17, 15) is 0 Å². The molecule has 2 aromatic carbocycles. The first-order valence-corrected chi connectivity index (χ1v) is 8.72. The van der Waals surface area contributed by atoms with Crippen LogP contribution in [0.2, 0.25) is 0 Å². The molecule has 0 saturated heterocycles. The predicted molar refractivity (Wildman–Crippen MR) is 97.1 cm³/mol. The summed E-state index contributed by atoms with van der Waals surface area (Å²) in [7, 11) is 0. The highest BCUT2D eigenvalue weighted by atomic mass is 14.5. The minimum atomic E-state index is 0.715. The van der Waals surface area contributed by atoms with Gasteiger partial charge in [-0.1, -0.05) is 81.1 Å². The van der Waals surface area contributed by atoms with Crippen LogP contribution in [0.5, 0.6) is 0 Å². The summed E-state index contributed by atoms with van der Waals surface area (Å²) in [6.45, 7) is 2.98. The normalized spacial score (nSPS) is 10.8. The van der Waals surface area contributed by atoms with Crippen molar-refractivity contribution < 1.29 is 0 Å². The Labute approximate surface area is 135 Å². The van der Waals surface area contributed by atoms with Crippen LogP contribution in [0.15, 0.2) is 48.5 Å². The van der Waals surface area contributed by atoms with Crippen LogP contribution in [0.1, 0.15) is 50.2 Å². The molecule has 0 spiro atoms. The van der Waals surface area contributed by atoms with Crippen molar-refractivity contribution in [3.8, 4) is 11.1 Å².